The van der Waals surface area contributed by atoms with Gasteiger partial charge in [0.05, 0.1) is 12.7 Å². The fourth-order valence-electron chi connectivity index (χ4n) is 1.67. The van der Waals surface area contributed by atoms with Crippen LogP contribution < -0.4 is 0 Å². The summed E-state index contributed by atoms with van der Waals surface area (Å²) in [5.41, 5.74) is 2.38. The second-order valence-corrected chi connectivity index (χ2v) is 5.10. The molecule has 0 aliphatic carbocycles. The molecule has 1 N–H and O–H groups in total. The zero-order valence-corrected chi connectivity index (χ0v) is 11.7. The van der Waals surface area contributed by atoms with Crippen LogP contribution >= 0.6 is 22.6 Å². The van der Waals surface area contributed by atoms with Crippen molar-refractivity contribution in [3.63, 3.8) is 0 Å². The van der Waals surface area contributed by atoms with Gasteiger partial charge in [-0.05, 0) is 35.6 Å². The Kier molecular flexibility index (Phi) is 3.23. The van der Waals surface area contributed by atoms with Crippen LogP contribution in [0.5, 0.6) is 0 Å². The smallest absolute Gasteiger partial charge is 0.352 e. The van der Waals surface area contributed by atoms with Gasteiger partial charge in [0.2, 0.25) is 0 Å². The molecule has 2 aromatic rings. The molecule has 0 radical (unpaired) electrons. The topological polar surface area (TPSA) is 60.1 Å². The van der Waals surface area contributed by atoms with Gasteiger partial charge < -0.3 is 9.67 Å². The van der Waals surface area contributed by atoms with Gasteiger partial charge in [-0.3, -0.25) is 4.68 Å². The Morgan fingerprint density at radius 3 is 2.82 bits per heavy atom. The molecule has 0 spiro atoms. The lowest BCUT2D eigenvalue weighted by molar-refractivity contribution is 0.0685. The first-order valence-corrected chi connectivity index (χ1v) is 6.13. The quantitative estimate of drug-likeness (QED) is 0.865. The molecule has 0 saturated carbocycles. The molecule has 17 heavy (non-hydrogen) atoms. The normalized spacial score (nSPS) is 10.8. The van der Waals surface area contributed by atoms with Crippen LogP contribution in [-0.4, -0.2) is 25.4 Å². The average Bonchev–Trinajstić information content (AvgIpc) is 2.76. The van der Waals surface area contributed by atoms with E-state index < -0.39 is 5.97 Å². The SMILES string of the molecule is Cc1c(Cn2cc(I)cc2C(=O)O)cnn1C. The van der Waals surface area contributed by atoms with Gasteiger partial charge in [-0.2, -0.15) is 5.10 Å². The highest BCUT2D eigenvalue weighted by molar-refractivity contribution is 14.1. The third-order valence-corrected chi connectivity index (χ3v) is 3.35. The van der Waals surface area contributed by atoms with E-state index in [-0.39, 0.29) is 0 Å². The standard InChI is InChI=1S/C11H12IN3O2/c1-7-8(4-13-14(7)2)5-15-6-9(12)3-10(15)11(16)17/h3-4,6H,5H2,1-2H3,(H,16,17). The van der Waals surface area contributed by atoms with E-state index >= 15 is 0 Å². The number of aromatic carboxylic acids is 1. The highest BCUT2D eigenvalue weighted by Crippen LogP contribution is 2.15. The molecule has 2 aromatic heterocycles. The minimum Gasteiger partial charge on any atom is -0.477 e. The lowest BCUT2D eigenvalue weighted by atomic mass is 10.2. The molecule has 0 atom stereocenters. The molecule has 0 unspecified atom stereocenters. The van der Waals surface area contributed by atoms with Crippen molar-refractivity contribution in [2.75, 3.05) is 0 Å². The van der Waals surface area contributed by atoms with Crippen LogP contribution in [0.4, 0.5) is 0 Å². The lowest BCUT2D eigenvalue weighted by Gasteiger charge is -2.05. The fourth-order valence-corrected chi connectivity index (χ4v) is 2.30. The van der Waals surface area contributed by atoms with Gasteiger partial charge in [-0.25, -0.2) is 4.79 Å². The first-order valence-electron chi connectivity index (χ1n) is 5.05. The first kappa shape index (κ1) is 12.2. The second-order valence-electron chi connectivity index (χ2n) is 3.86. The van der Waals surface area contributed by atoms with Gasteiger partial charge in [0, 0.05) is 28.1 Å². The maximum Gasteiger partial charge on any atom is 0.352 e. The van der Waals surface area contributed by atoms with Crippen LogP contribution in [0.2, 0.25) is 0 Å². The Labute approximate surface area is 112 Å². The summed E-state index contributed by atoms with van der Waals surface area (Å²) in [5.74, 6) is -0.908. The Bertz CT molecular complexity index is 571. The van der Waals surface area contributed by atoms with Crippen molar-refractivity contribution < 1.29 is 9.90 Å². The largest absolute Gasteiger partial charge is 0.477 e. The molecule has 0 fully saturated rings. The van der Waals surface area contributed by atoms with E-state index in [1.807, 2.05) is 20.2 Å². The maximum atomic E-state index is 11.1. The van der Waals surface area contributed by atoms with Crippen LogP contribution in [0.1, 0.15) is 21.7 Å². The number of hydrogen-bond acceptors (Lipinski definition) is 2. The van der Waals surface area contributed by atoms with E-state index in [0.717, 1.165) is 14.8 Å². The van der Waals surface area contributed by atoms with Gasteiger partial charge in [0.1, 0.15) is 5.69 Å². The first-order chi connectivity index (χ1) is 7.99. The molecule has 0 aromatic carbocycles. The number of nitrogens with zero attached hydrogens (tertiary/aromatic N) is 3. The van der Waals surface area contributed by atoms with Crippen LogP contribution in [0.25, 0.3) is 0 Å². The number of hydrogen-bond donors (Lipinski definition) is 1. The van der Waals surface area contributed by atoms with Gasteiger partial charge >= 0.3 is 5.97 Å². The monoisotopic (exact) mass is 345 g/mol. The van der Waals surface area contributed by atoms with Crippen molar-refractivity contribution in [1.82, 2.24) is 14.3 Å². The Balaban J connectivity index is 2.36. The van der Waals surface area contributed by atoms with Gasteiger partial charge in [-0.15, -0.1) is 0 Å². The molecule has 6 heteroatoms. The Morgan fingerprint density at radius 2 is 2.29 bits per heavy atom. The minimum atomic E-state index is -0.908. The van der Waals surface area contributed by atoms with Gasteiger partial charge in [-0.1, -0.05) is 0 Å². The molecular formula is C11H12IN3O2. The molecule has 0 bridgehead atoms. The summed E-state index contributed by atoms with van der Waals surface area (Å²) >= 11 is 2.11. The number of halogens is 1. The second kappa shape index (κ2) is 4.52. The van der Waals surface area contributed by atoms with Crippen LogP contribution in [0, 0.1) is 10.5 Å². The van der Waals surface area contributed by atoms with Crippen molar-refractivity contribution in [1.29, 1.82) is 0 Å². The van der Waals surface area contributed by atoms with Crippen molar-refractivity contribution in [3.05, 3.63) is 39.0 Å². The third kappa shape index (κ3) is 2.36. The predicted octanol–water partition coefficient (Wildman–Crippen LogP) is 1.88. The highest BCUT2D eigenvalue weighted by Gasteiger charge is 2.13. The summed E-state index contributed by atoms with van der Waals surface area (Å²) in [5, 5.41) is 13.2. The molecule has 5 nitrogen and oxygen atoms in total. The van der Waals surface area contributed by atoms with E-state index in [1.165, 1.54) is 0 Å². The van der Waals surface area contributed by atoms with Crippen molar-refractivity contribution in [2.45, 2.75) is 13.5 Å². The average molecular weight is 345 g/mol. The summed E-state index contributed by atoms with van der Waals surface area (Å²) in [6.45, 7) is 2.50. The molecule has 2 heterocycles. The zero-order valence-electron chi connectivity index (χ0n) is 9.51. The summed E-state index contributed by atoms with van der Waals surface area (Å²) in [6, 6.07) is 1.66. The molecular weight excluding hydrogens is 333 g/mol. The maximum absolute atomic E-state index is 11.1. The van der Waals surface area contributed by atoms with E-state index in [0.29, 0.717) is 12.2 Å². The Hall–Kier alpha value is -1.31. The predicted molar refractivity (Wildman–Crippen MR) is 71.2 cm³/mol. The molecule has 0 amide bonds. The molecule has 2 rings (SSSR count). The molecule has 90 valence electrons. The number of aromatic nitrogens is 3. The van der Waals surface area contributed by atoms with E-state index in [1.54, 1.807) is 21.5 Å². The summed E-state index contributed by atoms with van der Waals surface area (Å²) < 4.78 is 4.43. The van der Waals surface area contributed by atoms with E-state index in [4.69, 9.17) is 5.11 Å². The number of carbonyl (C=O) groups is 1. The fraction of sp³-hybridized carbons (Fsp3) is 0.273. The highest BCUT2D eigenvalue weighted by atomic mass is 127. The van der Waals surface area contributed by atoms with Crippen LogP contribution in [-0.2, 0) is 13.6 Å². The number of aryl methyl sites for hydroxylation is 1. The van der Waals surface area contributed by atoms with Crippen LogP contribution in [0.3, 0.4) is 0 Å². The van der Waals surface area contributed by atoms with Gasteiger partial charge in [0.25, 0.3) is 0 Å². The summed E-state index contributed by atoms with van der Waals surface area (Å²) in [6.07, 6.45) is 3.60. The lowest BCUT2D eigenvalue weighted by Crippen LogP contribution is -2.09. The van der Waals surface area contributed by atoms with Crippen molar-refractivity contribution >= 4 is 28.6 Å². The third-order valence-electron chi connectivity index (χ3n) is 2.76. The van der Waals surface area contributed by atoms with Crippen molar-refractivity contribution in [3.8, 4) is 0 Å². The number of carboxylic acid groups (broad SMARTS) is 1. The van der Waals surface area contributed by atoms with Gasteiger partial charge in [0.15, 0.2) is 0 Å². The zero-order chi connectivity index (χ0) is 12.6. The summed E-state index contributed by atoms with van der Waals surface area (Å²) in [7, 11) is 1.87. The number of rotatable bonds is 3. The van der Waals surface area contributed by atoms with E-state index in [2.05, 4.69) is 27.7 Å². The van der Waals surface area contributed by atoms with Crippen molar-refractivity contribution in [2.24, 2.45) is 7.05 Å². The summed E-state index contributed by atoms with van der Waals surface area (Å²) in [4.78, 5) is 11.1. The molecule has 0 aliphatic heterocycles. The molecule has 0 saturated heterocycles. The van der Waals surface area contributed by atoms with E-state index in [9.17, 15) is 4.79 Å². The Morgan fingerprint density at radius 1 is 1.59 bits per heavy atom. The van der Waals surface area contributed by atoms with Crippen LogP contribution in [0.15, 0.2) is 18.5 Å². The molecule has 0 aliphatic rings. The minimum absolute atomic E-state index is 0.303. The number of carboxylic acids is 1.